The average molecular weight is 598 g/mol. The zero-order valence-corrected chi connectivity index (χ0v) is 25.1. The molecule has 232 valence electrons. The Balaban J connectivity index is 0.000000231. The van der Waals surface area contributed by atoms with Gasteiger partial charge in [0.05, 0.1) is 49.0 Å². The Morgan fingerprint density at radius 1 is 0.884 bits per heavy atom. The molecule has 4 rings (SSSR count). The molecular weight excluding hydrogens is 558 g/mol. The van der Waals surface area contributed by atoms with Crippen molar-refractivity contribution >= 4 is 34.7 Å². The number of carbonyl (C=O) groups excluding carboxylic acids is 3. The summed E-state index contributed by atoms with van der Waals surface area (Å²) in [6, 6.07) is 18.8. The maximum absolute atomic E-state index is 12.0. The van der Waals surface area contributed by atoms with Crippen LogP contribution in [0, 0.1) is 0 Å². The van der Waals surface area contributed by atoms with E-state index < -0.39 is 5.97 Å². The van der Waals surface area contributed by atoms with Crippen LogP contribution in [0.2, 0.25) is 0 Å². The number of nitrogen functional groups attached to an aromatic ring is 1. The molecule has 0 saturated carbocycles. The summed E-state index contributed by atoms with van der Waals surface area (Å²) in [5, 5.41) is 5.63. The molecule has 0 unspecified atom stereocenters. The van der Waals surface area contributed by atoms with Crippen LogP contribution in [0.1, 0.15) is 25.5 Å². The van der Waals surface area contributed by atoms with Crippen molar-refractivity contribution in [2.75, 3.05) is 51.9 Å². The molecule has 1 aliphatic heterocycles. The molecule has 2 heterocycles. The number of para-hydroxylation sites is 2. The van der Waals surface area contributed by atoms with E-state index in [1.54, 1.807) is 32.9 Å². The number of ether oxygens (including phenoxy) is 4. The van der Waals surface area contributed by atoms with Gasteiger partial charge in [-0.15, -0.1) is 0 Å². The number of hydrogen-bond donors (Lipinski definition) is 1. The summed E-state index contributed by atoms with van der Waals surface area (Å²) in [6.07, 6.45) is 0.157. The highest BCUT2D eigenvalue weighted by atomic mass is 16.5. The number of nitrogens with zero attached hydrogens (tertiary/aromatic N) is 4. The maximum Gasteiger partial charge on any atom is 0.313 e. The van der Waals surface area contributed by atoms with E-state index in [0.29, 0.717) is 31.9 Å². The van der Waals surface area contributed by atoms with Gasteiger partial charge in [-0.05, 0) is 31.2 Å². The SMILES string of the molecule is CCOC(=O)CC(=O)COC.COCC1=NN(c2ccccc2)C(=O)C1.COCc1c(N)c(=O)n(-c2ccccc2)n1C. The van der Waals surface area contributed by atoms with Gasteiger partial charge in [0, 0.05) is 28.4 Å². The molecule has 0 aliphatic carbocycles. The highest BCUT2D eigenvalue weighted by Gasteiger charge is 2.24. The highest BCUT2D eigenvalue weighted by Crippen LogP contribution is 2.19. The Kier molecular flexibility index (Phi) is 14.5. The fraction of sp³-hybridized carbons (Fsp3) is 0.367. The molecule has 0 radical (unpaired) electrons. The second-order valence-electron chi connectivity index (χ2n) is 9.04. The molecule has 1 aromatic heterocycles. The molecule has 0 bridgehead atoms. The Morgan fingerprint density at radius 2 is 1.47 bits per heavy atom. The number of amides is 1. The van der Waals surface area contributed by atoms with E-state index in [1.807, 2.05) is 60.7 Å². The standard InChI is InChI=1S/C12H15N3O2.C11H12N2O2.C7H12O4/c1-14-10(8-17-2)11(13)12(16)15(14)9-6-4-3-5-7-9;1-15-8-9-7-11(14)13(12-9)10-5-3-2-4-6-10;1-3-11-7(9)4-6(8)5-10-2/h3-7H,8,13H2,1-2H3;2-6H,7-8H2,1H3;3-5H2,1-2H3. The first-order valence-corrected chi connectivity index (χ1v) is 13.4. The summed E-state index contributed by atoms with van der Waals surface area (Å²) in [6.45, 7) is 2.70. The van der Waals surface area contributed by atoms with Crippen LogP contribution < -0.4 is 16.3 Å². The van der Waals surface area contributed by atoms with Crippen LogP contribution in [0.25, 0.3) is 5.69 Å². The molecule has 0 atom stereocenters. The van der Waals surface area contributed by atoms with Gasteiger partial charge in [-0.2, -0.15) is 5.10 Å². The predicted octanol–water partition coefficient (Wildman–Crippen LogP) is 2.49. The third kappa shape index (κ3) is 10.3. The number of hydrogen-bond acceptors (Lipinski definition) is 10. The third-order valence-electron chi connectivity index (χ3n) is 5.80. The van der Waals surface area contributed by atoms with E-state index >= 15 is 0 Å². The van der Waals surface area contributed by atoms with Crippen molar-refractivity contribution in [3.63, 3.8) is 0 Å². The van der Waals surface area contributed by atoms with Crippen molar-refractivity contribution in [3.8, 4) is 5.69 Å². The van der Waals surface area contributed by atoms with Gasteiger partial charge in [0.1, 0.15) is 18.7 Å². The van der Waals surface area contributed by atoms with E-state index in [2.05, 4.69) is 14.6 Å². The lowest BCUT2D eigenvalue weighted by Gasteiger charge is -2.10. The van der Waals surface area contributed by atoms with Crippen molar-refractivity contribution in [2.45, 2.75) is 26.4 Å². The van der Waals surface area contributed by atoms with E-state index in [4.69, 9.17) is 15.2 Å². The monoisotopic (exact) mass is 597 g/mol. The minimum atomic E-state index is -0.491. The quantitative estimate of drug-likeness (QED) is 0.259. The van der Waals surface area contributed by atoms with Gasteiger partial charge in [-0.25, -0.2) is 9.69 Å². The molecule has 1 amide bonds. The van der Waals surface area contributed by atoms with Crippen molar-refractivity contribution in [1.82, 2.24) is 9.36 Å². The number of ketones is 1. The minimum absolute atomic E-state index is 0.00625. The van der Waals surface area contributed by atoms with E-state index in [0.717, 1.165) is 17.1 Å². The molecule has 0 fully saturated rings. The number of hydrazone groups is 1. The zero-order chi connectivity index (χ0) is 31.8. The van der Waals surface area contributed by atoms with Gasteiger partial charge in [0.25, 0.3) is 11.5 Å². The lowest BCUT2D eigenvalue weighted by molar-refractivity contribution is -0.146. The summed E-state index contributed by atoms with van der Waals surface area (Å²) >= 11 is 0. The number of nitrogens with two attached hydrogens (primary N) is 1. The van der Waals surface area contributed by atoms with Crippen LogP contribution in [-0.2, 0) is 47.0 Å². The zero-order valence-electron chi connectivity index (χ0n) is 25.1. The molecule has 2 aromatic carbocycles. The first-order valence-electron chi connectivity index (χ1n) is 13.4. The van der Waals surface area contributed by atoms with Crippen molar-refractivity contribution in [2.24, 2.45) is 12.1 Å². The maximum atomic E-state index is 12.0. The first kappa shape index (κ1) is 34.6. The predicted molar refractivity (Wildman–Crippen MR) is 162 cm³/mol. The lowest BCUT2D eigenvalue weighted by atomic mass is 10.2. The Morgan fingerprint density at radius 3 is 2.00 bits per heavy atom. The van der Waals surface area contributed by atoms with E-state index in [-0.39, 0.29) is 36.0 Å². The molecule has 43 heavy (non-hydrogen) atoms. The van der Waals surface area contributed by atoms with Gasteiger partial charge in [-0.1, -0.05) is 36.4 Å². The van der Waals surface area contributed by atoms with Gasteiger partial charge < -0.3 is 24.7 Å². The Bertz CT molecular complexity index is 1400. The number of aromatic nitrogens is 2. The van der Waals surface area contributed by atoms with Crippen LogP contribution in [0.5, 0.6) is 0 Å². The molecule has 2 N–H and O–H groups in total. The largest absolute Gasteiger partial charge is 0.466 e. The number of esters is 1. The Hall–Kier alpha value is -4.59. The van der Waals surface area contributed by atoms with Gasteiger partial charge in [0.15, 0.2) is 5.78 Å². The summed E-state index contributed by atoms with van der Waals surface area (Å²) in [4.78, 5) is 45.0. The molecular formula is C30H39N5O8. The summed E-state index contributed by atoms with van der Waals surface area (Å²) in [5.74, 6) is -0.756. The van der Waals surface area contributed by atoms with Gasteiger partial charge >= 0.3 is 5.97 Å². The summed E-state index contributed by atoms with van der Waals surface area (Å²) < 4.78 is 22.3. The number of carbonyl (C=O) groups is 3. The second kappa shape index (κ2) is 18.1. The molecule has 1 aliphatic rings. The van der Waals surface area contributed by atoms with Crippen molar-refractivity contribution < 1.29 is 33.3 Å². The molecule has 3 aromatic rings. The first-order chi connectivity index (χ1) is 20.7. The van der Waals surface area contributed by atoms with Crippen LogP contribution >= 0.6 is 0 Å². The van der Waals surface area contributed by atoms with E-state index in [9.17, 15) is 19.2 Å². The van der Waals surface area contributed by atoms with Gasteiger partial charge in [0.2, 0.25) is 0 Å². The minimum Gasteiger partial charge on any atom is -0.466 e. The number of Topliss-reactive ketones (excluding diaryl/α,β-unsaturated/α-hetero) is 1. The number of rotatable bonds is 11. The highest BCUT2D eigenvalue weighted by molar-refractivity contribution is 6.13. The topological polar surface area (TPSA) is 157 Å². The molecule has 13 nitrogen and oxygen atoms in total. The summed E-state index contributed by atoms with van der Waals surface area (Å²) in [7, 11) is 6.37. The van der Waals surface area contributed by atoms with Crippen LogP contribution in [0.15, 0.2) is 70.6 Å². The van der Waals surface area contributed by atoms with Crippen LogP contribution in [0.3, 0.4) is 0 Å². The molecule has 0 saturated heterocycles. The fourth-order valence-electron chi connectivity index (χ4n) is 3.92. The Labute approximate surface area is 250 Å². The van der Waals surface area contributed by atoms with Gasteiger partial charge in [-0.3, -0.25) is 23.9 Å². The number of anilines is 2. The number of benzene rings is 2. The summed E-state index contributed by atoms with van der Waals surface area (Å²) in [5.41, 5.74) is 8.85. The lowest BCUT2D eigenvalue weighted by Crippen LogP contribution is -2.20. The normalized spacial score (nSPS) is 12.1. The van der Waals surface area contributed by atoms with E-state index in [1.165, 1.54) is 16.8 Å². The smallest absolute Gasteiger partial charge is 0.313 e. The molecule has 13 heteroatoms. The number of methoxy groups -OCH3 is 3. The van der Waals surface area contributed by atoms with Crippen molar-refractivity contribution in [1.29, 1.82) is 0 Å². The van der Waals surface area contributed by atoms with Crippen molar-refractivity contribution in [3.05, 3.63) is 76.7 Å². The fourth-order valence-corrected chi connectivity index (χ4v) is 3.92. The average Bonchev–Trinajstić information content (AvgIpc) is 3.46. The van der Waals surface area contributed by atoms with Crippen LogP contribution in [-0.4, -0.2) is 73.9 Å². The molecule has 0 spiro atoms. The van der Waals surface area contributed by atoms with Crippen LogP contribution in [0.4, 0.5) is 11.4 Å². The second-order valence-corrected chi connectivity index (χ2v) is 9.04. The third-order valence-corrected chi connectivity index (χ3v) is 5.80.